The fourth-order valence-electron chi connectivity index (χ4n) is 2.86. The van der Waals surface area contributed by atoms with E-state index in [0.717, 1.165) is 25.1 Å². The number of halogens is 2. The number of pyridine rings is 1. The molecule has 2 aromatic rings. The zero-order chi connectivity index (χ0) is 18.1. The number of hydrogen-bond donors (Lipinski definition) is 0. The molecular weight excluding hydrogens is 353 g/mol. The van der Waals surface area contributed by atoms with E-state index in [0.29, 0.717) is 16.0 Å². The molecule has 2 unspecified atom stereocenters. The molecule has 0 saturated heterocycles. The second-order valence-corrected chi connectivity index (χ2v) is 7.30. The Morgan fingerprint density at radius 2 is 1.80 bits per heavy atom. The first-order chi connectivity index (χ1) is 12.1. The summed E-state index contributed by atoms with van der Waals surface area (Å²) < 4.78 is 8.49. The molecule has 4 heteroatoms. The van der Waals surface area contributed by atoms with Gasteiger partial charge in [-0.25, -0.2) is 4.57 Å². The van der Waals surface area contributed by atoms with Crippen LogP contribution in [0, 0.1) is 5.92 Å². The van der Waals surface area contributed by atoms with Crippen molar-refractivity contribution in [1.82, 2.24) is 0 Å². The fourth-order valence-corrected chi connectivity index (χ4v) is 3.17. The van der Waals surface area contributed by atoms with Crippen LogP contribution in [0.5, 0.6) is 0 Å². The Labute approximate surface area is 161 Å². The van der Waals surface area contributed by atoms with Crippen molar-refractivity contribution in [2.24, 2.45) is 5.92 Å². The third kappa shape index (κ3) is 6.62. The Kier molecular flexibility index (Phi) is 8.74. The molecule has 0 spiro atoms. The van der Waals surface area contributed by atoms with Gasteiger partial charge in [-0.05, 0) is 30.0 Å². The molecule has 2 atom stereocenters. The van der Waals surface area contributed by atoms with Gasteiger partial charge in [0, 0.05) is 12.1 Å². The van der Waals surface area contributed by atoms with E-state index in [1.807, 2.05) is 36.4 Å². The van der Waals surface area contributed by atoms with Gasteiger partial charge in [0.25, 0.3) is 0 Å². The summed E-state index contributed by atoms with van der Waals surface area (Å²) in [5.41, 5.74) is 1.07. The number of unbranched alkanes of at least 4 members (excludes halogenated alkanes) is 1. The molecule has 0 aliphatic rings. The third-order valence-electron chi connectivity index (χ3n) is 4.55. The van der Waals surface area contributed by atoms with Crippen molar-refractivity contribution >= 4 is 23.2 Å². The van der Waals surface area contributed by atoms with Crippen LogP contribution in [0.2, 0.25) is 10.0 Å². The van der Waals surface area contributed by atoms with Gasteiger partial charge < -0.3 is 4.74 Å². The molecule has 0 radical (unpaired) electrons. The van der Waals surface area contributed by atoms with Gasteiger partial charge in [0.1, 0.15) is 6.10 Å². The normalized spacial score (nSPS) is 13.6. The lowest BCUT2D eigenvalue weighted by molar-refractivity contribution is -0.705. The zero-order valence-corrected chi connectivity index (χ0v) is 16.6. The Morgan fingerprint density at radius 1 is 1.04 bits per heavy atom. The van der Waals surface area contributed by atoms with Crippen molar-refractivity contribution in [2.75, 3.05) is 6.61 Å². The number of benzene rings is 1. The summed E-state index contributed by atoms with van der Waals surface area (Å²) in [6, 6.07) is 11.9. The third-order valence-corrected chi connectivity index (χ3v) is 5.28. The summed E-state index contributed by atoms with van der Waals surface area (Å²) >= 11 is 12.3. The molecular formula is C21H28Cl2NO+. The highest BCUT2D eigenvalue weighted by Crippen LogP contribution is 2.28. The highest BCUT2D eigenvalue weighted by Gasteiger charge is 2.20. The van der Waals surface area contributed by atoms with Crippen LogP contribution in [-0.2, 0) is 11.3 Å². The smallest absolute Gasteiger partial charge is 0.178 e. The van der Waals surface area contributed by atoms with Crippen molar-refractivity contribution in [3.63, 3.8) is 0 Å². The monoisotopic (exact) mass is 380 g/mol. The quantitative estimate of drug-likeness (QED) is 0.443. The maximum atomic E-state index is 6.35. The highest BCUT2D eigenvalue weighted by atomic mass is 35.5. The summed E-state index contributed by atoms with van der Waals surface area (Å²) in [7, 11) is 0. The molecule has 1 heterocycles. The van der Waals surface area contributed by atoms with E-state index in [1.54, 1.807) is 0 Å². The summed E-state index contributed by atoms with van der Waals surface area (Å²) in [6.45, 7) is 6.00. The zero-order valence-electron chi connectivity index (χ0n) is 15.1. The lowest BCUT2D eigenvalue weighted by Crippen LogP contribution is -2.37. The molecule has 1 aromatic carbocycles. The van der Waals surface area contributed by atoms with Crippen LogP contribution in [0.3, 0.4) is 0 Å². The van der Waals surface area contributed by atoms with Gasteiger partial charge in [0.05, 0.1) is 16.7 Å². The van der Waals surface area contributed by atoms with E-state index < -0.39 is 0 Å². The first-order valence-corrected chi connectivity index (χ1v) is 9.90. The Hall–Kier alpha value is -1.09. The molecule has 0 fully saturated rings. The standard InChI is InChI=1S/C21H28Cl2NO/c1-3-5-9-17(4-2)16-25-21(15-24-12-7-6-8-13-24)18-10-11-19(22)20(23)14-18/h6-8,10-14,17,21H,3-5,9,15-16H2,1-2H3/q+1. The Bertz CT molecular complexity index is 633. The molecule has 0 bridgehead atoms. The summed E-state index contributed by atoms with van der Waals surface area (Å²) in [6.07, 6.45) is 8.92. The van der Waals surface area contributed by atoms with Gasteiger partial charge in [-0.3, -0.25) is 0 Å². The largest absolute Gasteiger partial charge is 0.367 e. The van der Waals surface area contributed by atoms with Crippen LogP contribution in [0.1, 0.15) is 51.2 Å². The molecule has 2 nitrogen and oxygen atoms in total. The molecule has 136 valence electrons. The maximum Gasteiger partial charge on any atom is 0.178 e. The van der Waals surface area contributed by atoms with Crippen molar-refractivity contribution in [3.8, 4) is 0 Å². The summed E-state index contributed by atoms with van der Waals surface area (Å²) in [5.74, 6) is 0.603. The first-order valence-electron chi connectivity index (χ1n) is 9.14. The highest BCUT2D eigenvalue weighted by molar-refractivity contribution is 6.42. The summed E-state index contributed by atoms with van der Waals surface area (Å²) in [5, 5.41) is 1.15. The van der Waals surface area contributed by atoms with E-state index >= 15 is 0 Å². The van der Waals surface area contributed by atoms with Gasteiger partial charge in [-0.15, -0.1) is 0 Å². The van der Waals surface area contributed by atoms with Crippen LogP contribution in [0.15, 0.2) is 48.8 Å². The molecule has 0 amide bonds. The number of nitrogens with zero attached hydrogens (tertiary/aromatic N) is 1. The number of ether oxygens (including phenoxy) is 1. The predicted molar refractivity (Wildman–Crippen MR) is 105 cm³/mol. The second kappa shape index (κ2) is 10.8. The molecule has 1 aromatic heterocycles. The van der Waals surface area contributed by atoms with Gasteiger partial charge >= 0.3 is 0 Å². The number of hydrogen-bond acceptors (Lipinski definition) is 1. The van der Waals surface area contributed by atoms with Crippen LogP contribution in [0.4, 0.5) is 0 Å². The fraction of sp³-hybridized carbons (Fsp3) is 0.476. The molecule has 2 rings (SSSR count). The first kappa shape index (κ1) is 20.2. The lowest BCUT2D eigenvalue weighted by atomic mass is 10.0. The minimum atomic E-state index is -0.0437. The van der Waals surface area contributed by atoms with Gasteiger partial charge in [-0.1, -0.05) is 68.4 Å². The van der Waals surface area contributed by atoms with Crippen molar-refractivity contribution < 1.29 is 9.30 Å². The topological polar surface area (TPSA) is 13.1 Å². The van der Waals surface area contributed by atoms with Crippen molar-refractivity contribution in [1.29, 1.82) is 0 Å². The average Bonchev–Trinajstić information content (AvgIpc) is 2.64. The van der Waals surface area contributed by atoms with Gasteiger partial charge in [0.15, 0.2) is 18.9 Å². The molecule has 0 N–H and O–H groups in total. The van der Waals surface area contributed by atoms with Gasteiger partial charge in [-0.2, -0.15) is 0 Å². The van der Waals surface area contributed by atoms with Crippen molar-refractivity contribution in [2.45, 2.75) is 52.2 Å². The Morgan fingerprint density at radius 3 is 2.44 bits per heavy atom. The van der Waals surface area contributed by atoms with E-state index in [9.17, 15) is 0 Å². The van der Waals surface area contributed by atoms with Crippen LogP contribution < -0.4 is 4.57 Å². The molecule has 25 heavy (non-hydrogen) atoms. The average molecular weight is 381 g/mol. The maximum absolute atomic E-state index is 6.35. The Balaban J connectivity index is 2.12. The van der Waals surface area contributed by atoms with E-state index in [2.05, 4.69) is 30.8 Å². The van der Waals surface area contributed by atoms with Crippen molar-refractivity contribution in [3.05, 3.63) is 64.4 Å². The molecule has 0 aliphatic heterocycles. The second-order valence-electron chi connectivity index (χ2n) is 6.48. The van der Waals surface area contributed by atoms with E-state index in [4.69, 9.17) is 27.9 Å². The van der Waals surface area contributed by atoms with E-state index in [-0.39, 0.29) is 6.10 Å². The molecule has 0 aliphatic carbocycles. The minimum Gasteiger partial charge on any atom is -0.367 e. The van der Waals surface area contributed by atoms with Gasteiger partial charge in [0.2, 0.25) is 0 Å². The van der Waals surface area contributed by atoms with E-state index in [1.165, 1.54) is 19.3 Å². The molecule has 0 saturated carbocycles. The SMILES string of the molecule is CCCCC(CC)COC(C[n+]1ccccc1)c1ccc(Cl)c(Cl)c1. The van der Waals surface area contributed by atoms with Crippen LogP contribution in [-0.4, -0.2) is 6.61 Å². The minimum absolute atomic E-state index is 0.0437. The van der Waals surface area contributed by atoms with Crippen LogP contribution >= 0.6 is 23.2 Å². The van der Waals surface area contributed by atoms with Crippen LogP contribution in [0.25, 0.3) is 0 Å². The summed E-state index contributed by atoms with van der Waals surface area (Å²) in [4.78, 5) is 0. The lowest BCUT2D eigenvalue weighted by Gasteiger charge is -2.20. The number of rotatable bonds is 10. The predicted octanol–water partition coefficient (Wildman–Crippen LogP) is 6.26. The number of aromatic nitrogens is 1.